The highest BCUT2D eigenvalue weighted by atomic mass is 32.2. The van der Waals surface area contributed by atoms with E-state index >= 15 is 0 Å². The number of carbonyl (C=O) groups excluding carboxylic acids is 1. The van der Waals surface area contributed by atoms with Crippen molar-refractivity contribution in [3.8, 4) is 0 Å². The van der Waals surface area contributed by atoms with Crippen LogP contribution in [-0.2, 0) is 19.6 Å². The van der Waals surface area contributed by atoms with E-state index in [-0.39, 0.29) is 18.0 Å². The SMILES string of the molecule is CCOC(=O)CNS(=O)(=O)c1cccnc1. The fourth-order valence-corrected chi connectivity index (χ4v) is 1.89. The summed E-state index contributed by atoms with van der Waals surface area (Å²) in [7, 11) is -3.69. The molecule has 0 aliphatic carbocycles. The largest absolute Gasteiger partial charge is 0.465 e. The lowest BCUT2D eigenvalue weighted by atomic mass is 10.5. The molecule has 1 N–H and O–H groups in total. The number of sulfonamides is 1. The molecule has 1 heterocycles. The van der Waals surface area contributed by atoms with Gasteiger partial charge < -0.3 is 4.74 Å². The monoisotopic (exact) mass is 244 g/mol. The minimum atomic E-state index is -3.69. The zero-order chi connectivity index (χ0) is 12.0. The molecule has 16 heavy (non-hydrogen) atoms. The Hall–Kier alpha value is -1.47. The minimum Gasteiger partial charge on any atom is -0.465 e. The summed E-state index contributed by atoms with van der Waals surface area (Å²) in [6, 6.07) is 2.89. The molecule has 0 aliphatic heterocycles. The summed E-state index contributed by atoms with van der Waals surface area (Å²) in [5, 5.41) is 0. The highest BCUT2D eigenvalue weighted by molar-refractivity contribution is 7.89. The summed E-state index contributed by atoms with van der Waals surface area (Å²) in [4.78, 5) is 14.6. The van der Waals surface area contributed by atoms with Crippen LogP contribution in [0.4, 0.5) is 0 Å². The Morgan fingerprint density at radius 3 is 2.88 bits per heavy atom. The number of aromatic nitrogens is 1. The van der Waals surface area contributed by atoms with Crippen LogP contribution < -0.4 is 4.72 Å². The number of rotatable bonds is 5. The van der Waals surface area contributed by atoms with Crippen molar-refractivity contribution in [1.29, 1.82) is 0 Å². The molecule has 1 rings (SSSR count). The average Bonchev–Trinajstić information content (AvgIpc) is 2.28. The Bertz CT molecular complexity index is 444. The van der Waals surface area contributed by atoms with Crippen LogP contribution in [0.5, 0.6) is 0 Å². The second-order valence-electron chi connectivity index (χ2n) is 2.82. The van der Waals surface area contributed by atoms with Crippen molar-refractivity contribution >= 4 is 16.0 Å². The third kappa shape index (κ3) is 3.59. The van der Waals surface area contributed by atoms with Crippen LogP contribution in [-0.4, -0.2) is 32.5 Å². The van der Waals surface area contributed by atoms with E-state index in [4.69, 9.17) is 0 Å². The smallest absolute Gasteiger partial charge is 0.321 e. The van der Waals surface area contributed by atoms with E-state index in [9.17, 15) is 13.2 Å². The summed E-state index contributed by atoms with van der Waals surface area (Å²) in [5.41, 5.74) is 0. The van der Waals surface area contributed by atoms with Gasteiger partial charge in [0.2, 0.25) is 10.0 Å². The van der Waals surface area contributed by atoms with Gasteiger partial charge in [-0.05, 0) is 19.1 Å². The second kappa shape index (κ2) is 5.57. The van der Waals surface area contributed by atoms with Gasteiger partial charge in [-0.3, -0.25) is 9.78 Å². The molecular formula is C9H12N2O4S. The number of hydrogen-bond donors (Lipinski definition) is 1. The zero-order valence-electron chi connectivity index (χ0n) is 8.71. The summed E-state index contributed by atoms with van der Waals surface area (Å²) in [6.07, 6.45) is 2.66. The molecule has 0 radical (unpaired) electrons. The minimum absolute atomic E-state index is 0.0132. The molecule has 7 heteroatoms. The number of hydrogen-bond acceptors (Lipinski definition) is 5. The van der Waals surface area contributed by atoms with Gasteiger partial charge in [0, 0.05) is 12.4 Å². The molecule has 0 aliphatic rings. The molecule has 1 aromatic rings. The average molecular weight is 244 g/mol. The molecule has 0 spiro atoms. The Morgan fingerprint density at radius 2 is 2.31 bits per heavy atom. The van der Waals surface area contributed by atoms with Gasteiger partial charge in [-0.15, -0.1) is 0 Å². The van der Waals surface area contributed by atoms with Crippen LogP contribution in [0.2, 0.25) is 0 Å². The summed E-state index contributed by atoms with van der Waals surface area (Å²) >= 11 is 0. The Kier molecular flexibility index (Phi) is 4.39. The second-order valence-corrected chi connectivity index (χ2v) is 4.59. The van der Waals surface area contributed by atoms with Gasteiger partial charge in [-0.2, -0.15) is 4.72 Å². The lowest BCUT2D eigenvalue weighted by Gasteiger charge is -2.05. The van der Waals surface area contributed by atoms with E-state index in [0.29, 0.717) is 0 Å². The van der Waals surface area contributed by atoms with Gasteiger partial charge in [-0.25, -0.2) is 8.42 Å². The maximum Gasteiger partial charge on any atom is 0.321 e. The van der Waals surface area contributed by atoms with Gasteiger partial charge in [0.25, 0.3) is 0 Å². The van der Waals surface area contributed by atoms with Crippen LogP contribution in [0.15, 0.2) is 29.4 Å². The van der Waals surface area contributed by atoms with Gasteiger partial charge in [-0.1, -0.05) is 0 Å². The first kappa shape index (κ1) is 12.6. The van der Waals surface area contributed by atoms with Crippen molar-refractivity contribution in [2.75, 3.05) is 13.2 Å². The van der Waals surface area contributed by atoms with Gasteiger partial charge in [0.1, 0.15) is 11.4 Å². The molecule has 0 atom stereocenters. The van der Waals surface area contributed by atoms with E-state index in [2.05, 4.69) is 14.4 Å². The number of esters is 1. The van der Waals surface area contributed by atoms with Gasteiger partial charge in [0.05, 0.1) is 6.61 Å². The zero-order valence-corrected chi connectivity index (χ0v) is 9.53. The van der Waals surface area contributed by atoms with E-state index in [0.717, 1.165) is 0 Å². The topological polar surface area (TPSA) is 85.4 Å². The molecular weight excluding hydrogens is 232 g/mol. The Balaban J connectivity index is 2.64. The first-order valence-corrected chi connectivity index (χ1v) is 6.10. The maximum absolute atomic E-state index is 11.6. The normalized spacial score (nSPS) is 11.1. The van der Waals surface area contributed by atoms with E-state index in [1.54, 1.807) is 6.92 Å². The number of ether oxygens (including phenoxy) is 1. The first-order chi connectivity index (χ1) is 7.56. The Labute approximate surface area is 93.7 Å². The standard InChI is InChI=1S/C9H12N2O4S/c1-2-15-9(12)7-11-16(13,14)8-4-3-5-10-6-8/h3-6,11H,2,7H2,1H3. The molecule has 0 amide bonds. The predicted octanol–water partition coefficient (Wildman–Crippen LogP) is -0.0770. The third-order valence-corrected chi connectivity index (χ3v) is 3.04. The molecule has 0 unspecified atom stereocenters. The van der Waals surface area contributed by atoms with Crippen LogP contribution >= 0.6 is 0 Å². The number of nitrogens with zero attached hydrogens (tertiary/aromatic N) is 1. The summed E-state index contributed by atoms with van der Waals surface area (Å²) < 4.78 is 29.9. The summed E-state index contributed by atoms with van der Waals surface area (Å²) in [6.45, 7) is 1.48. The molecule has 6 nitrogen and oxygen atoms in total. The Morgan fingerprint density at radius 1 is 1.56 bits per heavy atom. The van der Waals surface area contributed by atoms with E-state index in [1.165, 1.54) is 24.5 Å². The highest BCUT2D eigenvalue weighted by Crippen LogP contribution is 2.04. The van der Waals surface area contributed by atoms with Gasteiger partial charge >= 0.3 is 5.97 Å². The van der Waals surface area contributed by atoms with Crippen LogP contribution in [0.25, 0.3) is 0 Å². The molecule has 0 bridgehead atoms. The molecule has 88 valence electrons. The fraction of sp³-hybridized carbons (Fsp3) is 0.333. The van der Waals surface area contributed by atoms with Crippen molar-refractivity contribution in [3.05, 3.63) is 24.5 Å². The first-order valence-electron chi connectivity index (χ1n) is 4.61. The highest BCUT2D eigenvalue weighted by Gasteiger charge is 2.15. The van der Waals surface area contributed by atoms with Crippen LogP contribution in [0, 0.1) is 0 Å². The van der Waals surface area contributed by atoms with Crippen molar-refractivity contribution in [3.63, 3.8) is 0 Å². The van der Waals surface area contributed by atoms with E-state index in [1.807, 2.05) is 0 Å². The van der Waals surface area contributed by atoms with E-state index < -0.39 is 16.0 Å². The number of pyridine rings is 1. The molecule has 0 fully saturated rings. The number of nitrogens with one attached hydrogen (secondary N) is 1. The summed E-state index contributed by atoms with van der Waals surface area (Å²) in [5.74, 6) is -0.616. The van der Waals surface area contributed by atoms with Crippen molar-refractivity contribution in [2.24, 2.45) is 0 Å². The lowest BCUT2D eigenvalue weighted by molar-refractivity contribution is -0.141. The number of carbonyl (C=O) groups is 1. The molecule has 1 aromatic heterocycles. The quantitative estimate of drug-likeness (QED) is 0.732. The third-order valence-electron chi connectivity index (χ3n) is 1.66. The fourth-order valence-electron chi connectivity index (χ4n) is 0.955. The van der Waals surface area contributed by atoms with Crippen LogP contribution in [0.1, 0.15) is 6.92 Å². The predicted molar refractivity (Wildman–Crippen MR) is 56.1 cm³/mol. The van der Waals surface area contributed by atoms with Crippen LogP contribution in [0.3, 0.4) is 0 Å². The van der Waals surface area contributed by atoms with Crippen molar-refractivity contribution in [1.82, 2.24) is 9.71 Å². The lowest BCUT2D eigenvalue weighted by Crippen LogP contribution is -2.30. The molecule has 0 saturated heterocycles. The molecule has 0 saturated carbocycles. The van der Waals surface area contributed by atoms with Crippen molar-refractivity contribution in [2.45, 2.75) is 11.8 Å². The molecule has 0 aromatic carbocycles. The maximum atomic E-state index is 11.6. The van der Waals surface area contributed by atoms with Gasteiger partial charge in [0.15, 0.2) is 0 Å². The van der Waals surface area contributed by atoms with Crippen molar-refractivity contribution < 1.29 is 17.9 Å².